The van der Waals surface area contributed by atoms with Gasteiger partial charge in [-0.3, -0.25) is 0 Å². The minimum absolute atomic E-state index is 0.0935. The molecule has 3 rings (SSSR count). The van der Waals surface area contributed by atoms with Crippen molar-refractivity contribution in [3.05, 3.63) is 34.4 Å². The topological polar surface area (TPSA) is 75.3 Å². The lowest BCUT2D eigenvalue weighted by Crippen LogP contribution is -2.48. The number of aliphatic hydroxyl groups is 1. The molecule has 5 nitrogen and oxygen atoms in total. The van der Waals surface area contributed by atoms with E-state index in [1.807, 2.05) is 4.90 Å². The summed E-state index contributed by atoms with van der Waals surface area (Å²) in [6, 6.07) is 5.31. The molecule has 0 saturated carbocycles. The lowest BCUT2D eigenvalue weighted by Gasteiger charge is -2.41. The molecule has 1 saturated heterocycles. The van der Waals surface area contributed by atoms with Crippen molar-refractivity contribution in [1.82, 2.24) is 9.97 Å². The number of benzene rings is 1. The molecule has 2 aromatic rings. The highest BCUT2D eigenvalue weighted by molar-refractivity contribution is 6.43. The van der Waals surface area contributed by atoms with E-state index >= 15 is 0 Å². The SMILES string of the molecule is CC1(C)CCN(c2cnc(-c3cccc(Cl)c3Cl)c(N)n2)C[C@@H]1O. The Morgan fingerprint density at radius 2 is 2.08 bits per heavy atom. The summed E-state index contributed by atoms with van der Waals surface area (Å²) >= 11 is 12.3. The number of aromatic nitrogens is 2. The highest BCUT2D eigenvalue weighted by Gasteiger charge is 2.34. The van der Waals surface area contributed by atoms with E-state index in [1.165, 1.54) is 0 Å². The average Bonchev–Trinajstić information content (AvgIpc) is 2.53. The second-order valence-corrected chi connectivity index (χ2v) is 7.55. The zero-order valence-electron chi connectivity index (χ0n) is 13.6. The third kappa shape index (κ3) is 3.16. The number of hydrogen-bond donors (Lipinski definition) is 2. The maximum atomic E-state index is 10.3. The average molecular weight is 367 g/mol. The molecule has 0 spiro atoms. The number of anilines is 2. The predicted molar refractivity (Wildman–Crippen MR) is 98.5 cm³/mol. The molecule has 0 radical (unpaired) electrons. The van der Waals surface area contributed by atoms with Crippen LogP contribution < -0.4 is 10.6 Å². The van der Waals surface area contributed by atoms with Crippen molar-refractivity contribution < 1.29 is 5.11 Å². The zero-order valence-corrected chi connectivity index (χ0v) is 15.1. The van der Waals surface area contributed by atoms with E-state index in [-0.39, 0.29) is 11.2 Å². The molecule has 1 aliphatic heterocycles. The number of β-amino-alcohol motifs (C(OH)–C–C–N with tert-alkyl or cyclic N) is 1. The Labute approximate surface area is 151 Å². The molecular formula is C17H20Cl2N4O. The van der Waals surface area contributed by atoms with Crippen LogP contribution in [0, 0.1) is 5.41 Å². The van der Waals surface area contributed by atoms with Gasteiger partial charge in [0, 0.05) is 18.7 Å². The van der Waals surface area contributed by atoms with Gasteiger partial charge in [0.15, 0.2) is 5.82 Å². The van der Waals surface area contributed by atoms with Gasteiger partial charge in [0.1, 0.15) is 11.5 Å². The van der Waals surface area contributed by atoms with Gasteiger partial charge in [-0.05, 0) is 17.9 Å². The quantitative estimate of drug-likeness (QED) is 0.848. The maximum Gasteiger partial charge on any atom is 0.152 e. The Balaban J connectivity index is 1.90. The fourth-order valence-corrected chi connectivity index (χ4v) is 3.18. The molecule has 1 aromatic heterocycles. The molecule has 0 aliphatic carbocycles. The number of piperidine rings is 1. The standard InChI is InChI=1S/C17H20Cl2N4O/c1-17(2)6-7-23(9-12(17)24)13-8-21-15(16(20)22-13)10-4-3-5-11(18)14(10)19/h3-5,8,12,24H,6-7,9H2,1-2H3,(H2,20,22)/t12-/m0/s1. The van der Waals surface area contributed by atoms with Crippen molar-refractivity contribution in [2.24, 2.45) is 5.41 Å². The van der Waals surface area contributed by atoms with Gasteiger partial charge in [0.2, 0.25) is 0 Å². The van der Waals surface area contributed by atoms with Crippen molar-refractivity contribution in [3.8, 4) is 11.3 Å². The number of hydrogen-bond acceptors (Lipinski definition) is 5. The van der Waals surface area contributed by atoms with E-state index in [0.29, 0.717) is 33.7 Å². The van der Waals surface area contributed by atoms with E-state index in [1.54, 1.807) is 24.4 Å². The summed E-state index contributed by atoms with van der Waals surface area (Å²) in [5, 5.41) is 11.1. The molecule has 1 aliphatic rings. The van der Waals surface area contributed by atoms with Gasteiger partial charge in [0.25, 0.3) is 0 Å². The van der Waals surface area contributed by atoms with Gasteiger partial charge >= 0.3 is 0 Å². The number of rotatable bonds is 2. The number of aliphatic hydroxyl groups excluding tert-OH is 1. The molecule has 1 atom stereocenters. The van der Waals surface area contributed by atoms with E-state index < -0.39 is 6.10 Å². The molecule has 0 bridgehead atoms. The highest BCUT2D eigenvalue weighted by Crippen LogP contribution is 2.36. The van der Waals surface area contributed by atoms with Crippen molar-refractivity contribution in [2.75, 3.05) is 23.7 Å². The predicted octanol–water partition coefficient (Wildman–Crippen LogP) is 3.63. The number of nitrogens with zero attached hydrogens (tertiary/aromatic N) is 3. The van der Waals surface area contributed by atoms with Crippen LogP contribution in [0.1, 0.15) is 20.3 Å². The number of nitrogens with two attached hydrogens (primary N) is 1. The Kier molecular flexibility index (Phi) is 4.60. The molecule has 1 aromatic carbocycles. The first-order chi connectivity index (χ1) is 11.3. The minimum Gasteiger partial charge on any atom is -0.391 e. The van der Waals surface area contributed by atoms with E-state index in [9.17, 15) is 5.11 Å². The van der Waals surface area contributed by atoms with Crippen molar-refractivity contribution in [1.29, 1.82) is 0 Å². The summed E-state index contributed by atoms with van der Waals surface area (Å²) in [5.41, 5.74) is 7.17. The van der Waals surface area contributed by atoms with Crippen molar-refractivity contribution >= 4 is 34.8 Å². The summed E-state index contributed by atoms with van der Waals surface area (Å²) in [5.74, 6) is 0.944. The molecule has 24 heavy (non-hydrogen) atoms. The van der Waals surface area contributed by atoms with Crippen LogP contribution in [0.2, 0.25) is 10.0 Å². The second-order valence-electron chi connectivity index (χ2n) is 6.76. The van der Waals surface area contributed by atoms with Gasteiger partial charge in [-0.1, -0.05) is 49.2 Å². The zero-order chi connectivity index (χ0) is 17.5. The molecule has 128 valence electrons. The van der Waals surface area contributed by atoms with Gasteiger partial charge in [-0.2, -0.15) is 0 Å². The largest absolute Gasteiger partial charge is 0.391 e. The third-order valence-electron chi connectivity index (χ3n) is 4.64. The van der Waals surface area contributed by atoms with E-state index in [0.717, 1.165) is 13.0 Å². The molecule has 0 unspecified atom stereocenters. The first-order valence-electron chi connectivity index (χ1n) is 7.79. The van der Waals surface area contributed by atoms with Crippen LogP contribution in [0.5, 0.6) is 0 Å². The van der Waals surface area contributed by atoms with Crippen LogP contribution in [0.25, 0.3) is 11.3 Å². The molecule has 2 heterocycles. The highest BCUT2D eigenvalue weighted by atomic mass is 35.5. The first kappa shape index (κ1) is 17.3. The molecule has 1 fully saturated rings. The summed E-state index contributed by atoms with van der Waals surface area (Å²) in [7, 11) is 0. The van der Waals surface area contributed by atoms with Crippen LogP contribution >= 0.6 is 23.2 Å². The Hall–Kier alpha value is -1.56. The van der Waals surface area contributed by atoms with Crippen molar-refractivity contribution in [2.45, 2.75) is 26.4 Å². The lowest BCUT2D eigenvalue weighted by molar-refractivity contribution is 0.0349. The van der Waals surface area contributed by atoms with Crippen molar-refractivity contribution in [3.63, 3.8) is 0 Å². The summed E-state index contributed by atoms with van der Waals surface area (Å²) in [6.07, 6.45) is 2.11. The Morgan fingerprint density at radius 3 is 2.75 bits per heavy atom. The fraction of sp³-hybridized carbons (Fsp3) is 0.412. The second kappa shape index (κ2) is 6.39. The Morgan fingerprint density at radius 1 is 1.33 bits per heavy atom. The Bertz CT molecular complexity index is 766. The number of nitrogen functional groups attached to an aromatic ring is 1. The maximum absolute atomic E-state index is 10.3. The van der Waals surface area contributed by atoms with Gasteiger partial charge in [-0.25, -0.2) is 9.97 Å². The van der Waals surface area contributed by atoms with Crippen LogP contribution in [0.3, 0.4) is 0 Å². The van der Waals surface area contributed by atoms with Crippen LogP contribution in [-0.2, 0) is 0 Å². The summed E-state index contributed by atoms with van der Waals surface area (Å²) < 4.78 is 0. The third-order valence-corrected chi connectivity index (χ3v) is 5.46. The molecule has 3 N–H and O–H groups in total. The number of halogens is 2. The van der Waals surface area contributed by atoms with Gasteiger partial charge in [-0.15, -0.1) is 0 Å². The molecule has 7 heteroatoms. The normalized spacial score (nSPS) is 20.2. The van der Waals surface area contributed by atoms with Crippen LogP contribution in [0.15, 0.2) is 24.4 Å². The first-order valence-corrected chi connectivity index (χ1v) is 8.55. The molecular weight excluding hydrogens is 347 g/mol. The van der Waals surface area contributed by atoms with E-state index in [2.05, 4.69) is 23.8 Å². The van der Waals surface area contributed by atoms with Gasteiger partial charge < -0.3 is 15.7 Å². The van der Waals surface area contributed by atoms with Crippen LogP contribution in [0.4, 0.5) is 11.6 Å². The monoisotopic (exact) mass is 366 g/mol. The fourth-order valence-electron chi connectivity index (χ4n) is 2.79. The summed E-state index contributed by atoms with van der Waals surface area (Å²) in [4.78, 5) is 10.9. The van der Waals surface area contributed by atoms with Crippen LogP contribution in [-0.4, -0.2) is 34.3 Å². The molecule has 0 amide bonds. The smallest absolute Gasteiger partial charge is 0.152 e. The lowest BCUT2D eigenvalue weighted by atomic mass is 9.80. The van der Waals surface area contributed by atoms with E-state index in [4.69, 9.17) is 28.9 Å². The summed E-state index contributed by atoms with van der Waals surface area (Å²) in [6.45, 7) is 5.45. The minimum atomic E-state index is -0.420. The van der Waals surface area contributed by atoms with Gasteiger partial charge in [0.05, 0.1) is 22.3 Å².